The molecule has 4 aliphatic rings. The average Bonchev–Trinajstić information content (AvgIpc) is 2.95. The van der Waals surface area contributed by atoms with Crippen LogP contribution in [-0.2, 0) is 9.59 Å². The van der Waals surface area contributed by atoms with E-state index >= 15 is 0 Å². The maximum absolute atomic E-state index is 12.4. The van der Waals surface area contributed by atoms with Crippen LogP contribution in [0.5, 0.6) is 0 Å². The van der Waals surface area contributed by atoms with Crippen LogP contribution in [0.4, 0.5) is 0 Å². The molecule has 0 aromatic heterocycles. The fourth-order valence-electron chi connectivity index (χ4n) is 7.31. The van der Waals surface area contributed by atoms with Crippen molar-refractivity contribution >= 4 is 12.1 Å². The Bertz CT molecular complexity index is 562. The van der Waals surface area contributed by atoms with Gasteiger partial charge in [0.15, 0.2) is 12.1 Å². The van der Waals surface area contributed by atoms with Crippen molar-refractivity contribution < 1.29 is 9.59 Å². The van der Waals surface area contributed by atoms with Crippen LogP contribution >= 0.6 is 0 Å². The summed E-state index contributed by atoms with van der Waals surface area (Å²) in [6, 6.07) is 0. The summed E-state index contributed by atoms with van der Waals surface area (Å²) >= 11 is 0. The van der Waals surface area contributed by atoms with Crippen LogP contribution in [0.2, 0.25) is 0 Å². The van der Waals surface area contributed by atoms with E-state index in [2.05, 4.69) is 19.9 Å². The van der Waals surface area contributed by atoms with E-state index in [1.165, 1.54) is 44.1 Å². The molecule has 3 saturated carbocycles. The highest BCUT2D eigenvalue weighted by Gasteiger charge is 2.58. The summed E-state index contributed by atoms with van der Waals surface area (Å²) in [6.45, 7) is 4.85. The second-order valence-electron chi connectivity index (χ2n) is 9.16. The Morgan fingerprint density at radius 1 is 1.13 bits per heavy atom. The fraction of sp³-hybridized carbons (Fsp3) is 0.810. The predicted octanol–water partition coefficient (Wildman–Crippen LogP) is 4.72. The molecule has 0 bridgehead atoms. The first kappa shape index (κ1) is 15.6. The molecule has 0 aliphatic heterocycles. The van der Waals surface area contributed by atoms with Gasteiger partial charge in [0.2, 0.25) is 0 Å². The summed E-state index contributed by atoms with van der Waals surface area (Å²) in [5.74, 6) is 2.05. The lowest BCUT2D eigenvalue weighted by atomic mass is 9.45. The number of hydrogen-bond acceptors (Lipinski definition) is 2. The molecule has 0 heterocycles. The van der Waals surface area contributed by atoms with Gasteiger partial charge >= 0.3 is 0 Å². The summed E-state index contributed by atoms with van der Waals surface area (Å²) in [4.78, 5) is 23.6. The highest BCUT2D eigenvalue weighted by Crippen LogP contribution is 2.66. The normalized spacial score (nSPS) is 48.7. The lowest BCUT2D eigenvalue weighted by Gasteiger charge is -2.59. The van der Waals surface area contributed by atoms with E-state index in [0.717, 1.165) is 31.1 Å². The smallest absolute Gasteiger partial charge is 0.199 e. The molecule has 0 saturated heterocycles. The van der Waals surface area contributed by atoms with E-state index in [-0.39, 0.29) is 17.1 Å². The lowest BCUT2D eigenvalue weighted by Crippen LogP contribution is -2.53. The Hall–Kier alpha value is -0.920. The van der Waals surface area contributed by atoms with Crippen molar-refractivity contribution in [3.63, 3.8) is 0 Å². The van der Waals surface area contributed by atoms with E-state index in [1.807, 2.05) is 0 Å². The van der Waals surface area contributed by atoms with Crippen molar-refractivity contribution in [3.8, 4) is 0 Å². The summed E-state index contributed by atoms with van der Waals surface area (Å²) in [6.07, 6.45) is 14.1. The molecule has 4 rings (SSSR count). The molecule has 126 valence electrons. The second-order valence-corrected chi connectivity index (χ2v) is 9.16. The summed E-state index contributed by atoms with van der Waals surface area (Å²) in [7, 11) is 0. The van der Waals surface area contributed by atoms with Gasteiger partial charge in [0.1, 0.15) is 0 Å². The van der Waals surface area contributed by atoms with Crippen LogP contribution in [0.1, 0.15) is 71.6 Å². The first-order valence-electron chi connectivity index (χ1n) is 9.69. The first-order chi connectivity index (χ1) is 11.0. The predicted molar refractivity (Wildman–Crippen MR) is 90.9 cm³/mol. The van der Waals surface area contributed by atoms with Gasteiger partial charge in [0, 0.05) is 11.3 Å². The van der Waals surface area contributed by atoms with Crippen LogP contribution in [-0.4, -0.2) is 12.1 Å². The third-order valence-electron chi connectivity index (χ3n) is 8.46. The van der Waals surface area contributed by atoms with Gasteiger partial charge in [-0.15, -0.1) is 0 Å². The third kappa shape index (κ3) is 2.06. The maximum atomic E-state index is 12.4. The highest BCUT2D eigenvalue weighted by atomic mass is 16.2. The number of allylic oxidation sites excluding steroid dienone is 2. The number of aldehydes is 1. The molecule has 0 spiro atoms. The Morgan fingerprint density at radius 2 is 1.96 bits per heavy atom. The molecule has 2 heteroatoms. The molecule has 3 fully saturated rings. The largest absolute Gasteiger partial charge is 0.295 e. The van der Waals surface area contributed by atoms with Gasteiger partial charge in [-0.3, -0.25) is 9.59 Å². The van der Waals surface area contributed by atoms with Gasteiger partial charge in [-0.2, -0.15) is 0 Å². The minimum Gasteiger partial charge on any atom is -0.295 e. The number of carbonyl (C=O) groups is 2. The van der Waals surface area contributed by atoms with Crippen molar-refractivity contribution in [3.05, 3.63) is 11.6 Å². The quantitative estimate of drug-likeness (QED) is 0.420. The van der Waals surface area contributed by atoms with Gasteiger partial charge in [-0.1, -0.05) is 31.9 Å². The number of hydrogen-bond donors (Lipinski definition) is 0. The van der Waals surface area contributed by atoms with Crippen molar-refractivity contribution in [2.45, 2.75) is 71.6 Å². The SMILES string of the molecule is C[C@@]12CCC[C@H]1[C@@H]1CCC3=CCCC(C(=O)C=O)[C@]3(C)[C@H]1CC2. The molecule has 0 aromatic rings. The van der Waals surface area contributed by atoms with Gasteiger partial charge in [0.05, 0.1) is 0 Å². The molecule has 23 heavy (non-hydrogen) atoms. The number of Topliss-reactive ketones (excluding diaryl/α,β-unsaturated/α-hetero) is 1. The zero-order chi connectivity index (χ0) is 16.2. The summed E-state index contributed by atoms with van der Waals surface area (Å²) in [5.41, 5.74) is 2.02. The van der Waals surface area contributed by atoms with Crippen molar-refractivity contribution in [1.29, 1.82) is 0 Å². The first-order valence-corrected chi connectivity index (χ1v) is 9.69. The average molecular weight is 314 g/mol. The van der Waals surface area contributed by atoms with Crippen LogP contribution in [0.25, 0.3) is 0 Å². The molecule has 2 nitrogen and oxygen atoms in total. The van der Waals surface area contributed by atoms with Crippen LogP contribution in [0, 0.1) is 34.5 Å². The van der Waals surface area contributed by atoms with E-state index in [4.69, 9.17) is 0 Å². The van der Waals surface area contributed by atoms with Gasteiger partial charge in [0.25, 0.3) is 0 Å². The van der Waals surface area contributed by atoms with E-state index < -0.39 is 0 Å². The van der Waals surface area contributed by atoms with Gasteiger partial charge in [-0.05, 0) is 74.5 Å². The zero-order valence-corrected chi connectivity index (χ0v) is 14.6. The van der Waals surface area contributed by atoms with Gasteiger partial charge < -0.3 is 0 Å². The van der Waals surface area contributed by atoms with Crippen LogP contribution in [0.15, 0.2) is 11.6 Å². The van der Waals surface area contributed by atoms with E-state index in [0.29, 0.717) is 17.6 Å². The maximum Gasteiger partial charge on any atom is 0.199 e. The molecule has 0 N–H and O–H groups in total. The van der Waals surface area contributed by atoms with Crippen molar-refractivity contribution in [2.24, 2.45) is 34.5 Å². The molecular weight excluding hydrogens is 284 g/mol. The molecular formula is C21H30O2. The minimum atomic E-state index is -0.140. The Balaban J connectivity index is 1.73. The Morgan fingerprint density at radius 3 is 2.74 bits per heavy atom. The second kappa shape index (κ2) is 5.29. The van der Waals surface area contributed by atoms with Crippen LogP contribution in [0.3, 0.4) is 0 Å². The monoisotopic (exact) mass is 314 g/mol. The van der Waals surface area contributed by atoms with Gasteiger partial charge in [-0.25, -0.2) is 0 Å². The molecule has 0 radical (unpaired) electrons. The standard InChI is InChI=1S/C21H30O2/c1-20-11-4-7-16(20)15-9-8-14-5-3-6-18(19(23)13-22)21(14,2)17(15)10-12-20/h5,13,15-18H,3-4,6-12H2,1-2H3/t15-,16-,17-,18?,20-,21-/m0/s1. The van der Waals surface area contributed by atoms with Crippen molar-refractivity contribution in [1.82, 2.24) is 0 Å². The fourth-order valence-corrected chi connectivity index (χ4v) is 7.31. The molecule has 4 aliphatic carbocycles. The number of fused-ring (bicyclic) bond motifs is 5. The Labute approximate surface area is 140 Å². The third-order valence-corrected chi connectivity index (χ3v) is 8.46. The summed E-state index contributed by atoms with van der Waals surface area (Å²) < 4.78 is 0. The topological polar surface area (TPSA) is 34.1 Å². The van der Waals surface area contributed by atoms with Crippen LogP contribution < -0.4 is 0 Å². The molecule has 0 amide bonds. The lowest BCUT2D eigenvalue weighted by molar-refractivity contribution is -0.139. The minimum absolute atomic E-state index is 0.0386. The molecule has 0 aromatic carbocycles. The van der Waals surface area contributed by atoms with E-state index in [1.54, 1.807) is 0 Å². The van der Waals surface area contributed by atoms with E-state index in [9.17, 15) is 9.59 Å². The Kier molecular flexibility index (Phi) is 3.59. The van der Waals surface area contributed by atoms with Crippen molar-refractivity contribution in [2.75, 3.05) is 0 Å². The zero-order valence-electron chi connectivity index (χ0n) is 14.6. The highest BCUT2D eigenvalue weighted by molar-refractivity contribution is 6.26. The summed E-state index contributed by atoms with van der Waals surface area (Å²) in [5, 5.41) is 0. The number of carbonyl (C=O) groups excluding carboxylic acids is 2. The molecule has 1 unspecified atom stereocenters. The number of ketones is 1. The molecule has 6 atom stereocenters. The number of rotatable bonds is 2.